The molecule has 0 unspecified atom stereocenters. The maximum atomic E-state index is 10.9. The van der Waals surface area contributed by atoms with Crippen LogP contribution in [0.4, 0.5) is 0 Å². The number of primary amides is 1. The number of carbonyl (C=O) groups excluding carboxylic acids is 1. The number of amides is 1. The van der Waals surface area contributed by atoms with Crippen LogP contribution < -0.4 is 5.73 Å². The van der Waals surface area contributed by atoms with Crippen LogP contribution in [-0.4, -0.2) is 30.2 Å². The van der Waals surface area contributed by atoms with E-state index in [4.69, 9.17) is 15.6 Å². The fourth-order valence-corrected chi connectivity index (χ4v) is 1.33. The van der Waals surface area contributed by atoms with Gasteiger partial charge in [-0.05, 0) is 24.1 Å². The van der Waals surface area contributed by atoms with Crippen molar-refractivity contribution in [3.8, 4) is 0 Å². The van der Waals surface area contributed by atoms with Crippen molar-refractivity contribution in [3.63, 3.8) is 0 Å². The van der Waals surface area contributed by atoms with Crippen LogP contribution in [0.1, 0.15) is 22.3 Å². The Bertz CT molecular complexity index is 403. The molecule has 1 rings (SSSR count). The Morgan fingerprint density at radius 3 is 2.71 bits per heavy atom. The molecule has 0 atom stereocenters. The average Bonchev–Trinajstić information content (AvgIpc) is 2.28. The van der Waals surface area contributed by atoms with Crippen molar-refractivity contribution >= 4 is 11.9 Å². The number of ether oxygens (including phenoxy) is 1. The van der Waals surface area contributed by atoms with Crippen molar-refractivity contribution in [3.05, 3.63) is 35.4 Å². The second-order valence-electron chi connectivity index (χ2n) is 3.57. The quantitative estimate of drug-likeness (QED) is 0.687. The van der Waals surface area contributed by atoms with E-state index in [0.29, 0.717) is 18.6 Å². The Morgan fingerprint density at radius 1 is 1.29 bits per heavy atom. The highest BCUT2D eigenvalue weighted by atomic mass is 16.5. The Labute approximate surface area is 99.2 Å². The molecular formula is C12H15NO4. The molecule has 5 nitrogen and oxygen atoms in total. The first-order valence-electron chi connectivity index (χ1n) is 5.28. The first kappa shape index (κ1) is 13.2. The van der Waals surface area contributed by atoms with Crippen molar-refractivity contribution in [1.82, 2.24) is 0 Å². The zero-order chi connectivity index (χ0) is 12.7. The molecule has 17 heavy (non-hydrogen) atoms. The summed E-state index contributed by atoms with van der Waals surface area (Å²) in [6, 6.07) is 6.99. The minimum Gasteiger partial charge on any atom is -0.481 e. The molecule has 3 N–H and O–H groups in total. The molecule has 92 valence electrons. The van der Waals surface area contributed by atoms with E-state index in [9.17, 15) is 9.59 Å². The third-order valence-electron chi connectivity index (χ3n) is 2.21. The Kier molecular flexibility index (Phi) is 5.16. The lowest BCUT2D eigenvalue weighted by molar-refractivity contribution is -0.138. The summed E-state index contributed by atoms with van der Waals surface area (Å²) in [4.78, 5) is 21.2. The van der Waals surface area contributed by atoms with Crippen molar-refractivity contribution in [2.45, 2.75) is 12.8 Å². The van der Waals surface area contributed by atoms with Gasteiger partial charge in [0.2, 0.25) is 5.91 Å². The molecular weight excluding hydrogens is 222 g/mol. The van der Waals surface area contributed by atoms with Crippen LogP contribution in [0.2, 0.25) is 0 Å². The molecule has 1 aromatic rings. The smallest absolute Gasteiger partial charge is 0.305 e. The normalized spacial score (nSPS) is 10.1. The number of aliphatic carboxylic acids is 1. The SMILES string of the molecule is NC(=O)c1cccc(CCOCCC(=O)O)c1. The molecule has 1 aromatic carbocycles. The Hall–Kier alpha value is -1.88. The third-order valence-corrected chi connectivity index (χ3v) is 2.21. The monoisotopic (exact) mass is 237 g/mol. The summed E-state index contributed by atoms with van der Waals surface area (Å²) in [6.07, 6.45) is 0.627. The third kappa shape index (κ3) is 5.12. The molecule has 5 heteroatoms. The predicted octanol–water partition coefficient (Wildman–Crippen LogP) is 0.819. The van der Waals surface area contributed by atoms with Gasteiger partial charge in [0.05, 0.1) is 19.6 Å². The molecule has 0 bridgehead atoms. The highest BCUT2D eigenvalue weighted by Crippen LogP contribution is 2.05. The fourth-order valence-electron chi connectivity index (χ4n) is 1.33. The van der Waals surface area contributed by atoms with E-state index in [0.717, 1.165) is 5.56 Å². The van der Waals surface area contributed by atoms with E-state index in [1.807, 2.05) is 6.07 Å². The van der Waals surface area contributed by atoms with E-state index < -0.39 is 11.9 Å². The number of hydrogen-bond donors (Lipinski definition) is 2. The molecule has 0 heterocycles. The van der Waals surface area contributed by atoms with Crippen molar-refractivity contribution < 1.29 is 19.4 Å². The van der Waals surface area contributed by atoms with Crippen LogP contribution in [-0.2, 0) is 16.0 Å². The first-order valence-corrected chi connectivity index (χ1v) is 5.28. The second kappa shape index (κ2) is 6.65. The summed E-state index contributed by atoms with van der Waals surface area (Å²) in [5.41, 5.74) is 6.56. The minimum atomic E-state index is -0.874. The van der Waals surface area contributed by atoms with Gasteiger partial charge in [-0.2, -0.15) is 0 Å². The molecule has 1 amide bonds. The Balaban J connectivity index is 2.34. The molecule has 0 spiro atoms. The molecule has 0 aliphatic rings. The van der Waals surface area contributed by atoms with Crippen LogP contribution in [0, 0.1) is 0 Å². The molecule has 0 saturated carbocycles. The summed E-state index contributed by atoms with van der Waals surface area (Å²) in [5, 5.41) is 8.40. The van der Waals surface area contributed by atoms with E-state index in [2.05, 4.69) is 0 Å². The molecule has 0 aromatic heterocycles. The molecule has 0 aliphatic carbocycles. The van der Waals surface area contributed by atoms with Crippen molar-refractivity contribution in [1.29, 1.82) is 0 Å². The van der Waals surface area contributed by atoms with Gasteiger partial charge in [-0.25, -0.2) is 0 Å². The number of carbonyl (C=O) groups is 2. The minimum absolute atomic E-state index is 0.00132. The summed E-state index contributed by atoms with van der Waals surface area (Å²) in [6.45, 7) is 0.625. The maximum absolute atomic E-state index is 10.9. The maximum Gasteiger partial charge on any atom is 0.305 e. The zero-order valence-corrected chi connectivity index (χ0v) is 9.39. The van der Waals surface area contributed by atoms with Crippen molar-refractivity contribution in [2.24, 2.45) is 5.73 Å². The van der Waals surface area contributed by atoms with Gasteiger partial charge in [0.15, 0.2) is 0 Å². The molecule has 0 fully saturated rings. The lowest BCUT2D eigenvalue weighted by atomic mass is 10.1. The van der Waals surface area contributed by atoms with Crippen LogP contribution >= 0.6 is 0 Å². The van der Waals surface area contributed by atoms with Crippen LogP contribution in [0.5, 0.6) is 0 Å². The van der Waals surface area contributed by atoms with Gasteiger partial charge in [-0.3, -0.25) is 9.59 Å². The first-order chi connectivity index (χ1) is 8.09. The zero-order valence-electron chi connectivity index (χ0n) is 9.39. The topological polar surface area (TPSA) is 89.6 Å². The largest absolute Gasteiger partial charge is 0.481 e. The van der Waals surface area contributed by atoms with Crippen LogP contribution in [0.25, 0.3) is 0 Å². The summed E-state index contributed by atoms with van der Waals surface area (Å²) < 4.78 is 5.15. The van der Waals surface area contributed by atoms with Crippen molar-refractivity contribution in [2.75, 3.05) is 13.2 Å². The predicted molar refractivity (Wildman–Crippen MR) is 61.7 cm³/mol. The second-order valence-corrected chi connectivity index (χ2v) is 3.57. The number of carboxylic acids is 1. The lowest BCUT2D eigenvalue weighted by Gasteiger charge is -2.04. The highest BCUT2D eigenvalue weighted by Gasteiger charge is 2.01. The van der Waals surface area contributed by atoms with Gasteiger partial charge in [0, 0.05) is 5.56 Å². The van der Waals surface area contributed by atoms with E-state index in [-0.39, 0.29) is 13.0 Å². The van der Waals surface area contributed by atoms with E-state index >= 15 is 0 Å². The highest BCUT2D eigenvalue weighted by molar-refractivity contribution is 5.92. The number of benzene rings is 1. The lowest BCUT2D eigenvalue weighted by Crippen LogP contribution is -2.11. The van der Waals surface area contributed by atoms with Gasteiger partial charge in [-0.15, -0.1) is 0 Å². The fraction of sp³-hybridized carbons (Fsp3) is 0.333. The summed E-state index contributed by atoms with van der Waals surface area (Å²) >= 11 is 0. The van der Waals surface area contributed by atoms with Crippen LogP contribution in [0.3, 0.4) is 0 Å². The van der Waals surface area contributed by atoms with Gasteiger partial charge in [0.25, 0.3) is 0 Å². The Morgan fingerprint density at radius 2 is 2.06 bits per heavy atom. The molecule has 0 aliphatic heterocycles. The van der Waals surface area contributed by atoms with Gasteiger partial charge in [0.1, 0.15) is 0 Å². The van der Waals surface area contributed by atoms with Gasteiger partial charge < -0.3 is 15.6 Å². The van der Waals surface area contributed by atoms with Crippen LogP contribution in [0.15, 0.2) is 24.3 Å². The van der Waals surface area contributed by atoms with Gasteiger partial charge >= 0.3 is 5.97 Å². The molecule has 0 saturated heterocycles. The number of carboxylic acid groups (broad SMARTS) is 1. The number of hydrogen-bond acceptors (Lipinski definition) is 3. The average molecular weight is 237 g/mol. The molecule has 0 radical (unpaired) electrons. The summed E-state index contributed by atoms with van der Waals surface area (Å²) in [5.74, 6) is -1.33. The van der Waals surface area contributed by atoms with E-state index in [1.165, 1.54) is 0 Å². The summed E-state index contributed by atoms with van der Waals surface area (Å²) in [7, 11) is 0. The number of nitrogens with two attached hydrogens (primary N) is 1. The number of rotatable bonds is 7. The van der Waals surface area contributed by atoms with Gasteiger partial charge in [-0.1, -0.05) is 12.1 Å². The standard InChI is InChI=1S/C12H15NO4/c13-12(16)10-3-1-2-9(8-10)4-6-17-7-5-11(14)15/h1-3,8H,4-7H2,(H2,13,16)(H,14,15). The van der Waals surface area contributed by atoms with E-state index in [1.54, 1.807) is 18.2 Å².